The summed E-state index contributed by atoms with van der Waals surface area (Å²) < 4.78 is 81.5. The normalized spacial score (nSPS) is 18.0. The summed E-state index contributed by atoms with van der Waals surface area (Å²) in [5, 5.41) is 20.8. The highest BCUT2D eigenvalue weighted by atomic mass is 19.4. The highest BCUT2D eigenvalue weighted by Crippen LogP contribution is 2.50. The lowest BCUT2D eigenvalue weighted by atomic mass is 9.89. The molecule has 32 heavy (non-hydrogen) atoms. The maximum absolute atomic E-state index is 13.3. The van der Waals surface area contributed by atoms with Crippen molar-refractivity contribution in [3.8, 4) is 0 Å². The van der Waals surface area contributed by atoms with Gasteiger partial charge in [0.05, 0.1) is 0 Å². The van der Waals surface area contributed by atoms with Crippen molar-refractivity contribution in [2.45, 2.75) is 56.5 Å². The molecule has 1 aliphatic rings. The van der Waals surface area contributed by atoms with Gasteiger partial charge in [0.25, 0.3) is 5.60 Å². The maximum Gasteiger partial charge on any atom is 0.430 e. The molecule has 1 heterocycles. The average molecular weight is 460 g/mol. The van der Waals surface area contributed by atoms with Crippen LogP contribution in [-0.2, 0) is 12.0 Å². The third-order valence-electron chi connectivity index (χ3n) is 5.88. The molecule has 3 nitrogen and oxygen atoms in total. The zero-order chi connectivity index (χ0) is 23.7. The first kappa shape index (κ1) is 24.1. The Kier molecular flexibility index (Phi) is 6.60. The van der Waals surface area contributed by atoms with Crippen molar-refractivity contribution in [1.82, 2.24) is 0 Å². The van der Waals surface area contributed by atoms with Crippen molar-refractivity contribution in [2.24, 2.45) is 0 Å². The van der Waals surface area contributed by atoms with Gasteiger partial charge in [0, 0.05) is 23.6 Å². The third kappa shape index (κ3) is 4.22. The van der Waals surface area contributed by atoms with Crippen molar-refractivity contribution in [3.63, 3.8) is 0 Å². The zero-order valence-corrected chi connectivity index (χ0v) is 17.3. The highest BCUT2D eigenvalue weighted by molar-refractivity contribution is 5.78. The molecular weight excluding hydrogens is 436 g/mol. The second-order valence-electron chi connectivity index (χ2n) is 7.89. The fourth-order valence-electron chi connectivity index (χ4n) is 4.15. The molecule has 0 aromatic heterocycles. The molecule has 0 bridgehead atoms. The highest BCUT2D eigenvalue weighted by Gasteiger charge is 2.71. The van der Waals surface area contributed by atoms with Crippen molar-refractivity contribution < 1.29 is 41.1 Å². The topological polar surface area (TPSA) is 43.5 Å². The van der Waals surface area contributed by atoms with Crippen LogP contribution >= 0.6 is 0 Å². The fraction of sp³-hybridized carbons (Fsp3) is 0.435. The predicted molar refractivity (Wildman–Crippen MR) is 107 cm³/mol. The van der Waals surface area contributed by atoms with Crippen LogP contribution in [0.3, 0.4) is 0 Å². The number of halogens is 6. The van der Waals surface area contributed by atoms with Crippen LogP contribution in [0.25, 0.3) is 0 Å². The molecule has 0 saturated carbocycles. The van der Waals surface area contributed by atoms with E-state index < -0.39 is 23.5 Å². The van der Waals surface area contributed by atoms with E-state index in [0.717, 1.165) is 17.7 Å². The van der Waals surface area contributed by atoms with Crippen LogP contribution in [0.15, 0.2) is 48.5 Å². The molecule has 1 atom stereocenters. The van der Waals surface area contributed by atoms with E-state index in [4.69, 9.17) is 0 Å². The summed E-state index contributed by atoms with van der Waals surface area (Å²) in [6.45, 7) is 2.24. The maximum atomic E-state index is 13.3. The quantitative estimate of drug-likeness (QED) is 0.328. The lowest BCUT2D eigenvalue weighted by molar-refractivity contribution is -0.451. The number of benzene rings is 2. The second kappa shape index (κ2) is 8.77. The number of hydrogen-bond acceptors (Lipinski definition) is 1. The van der Waals surface area contributed by atoms with Gasteiger partial charge in [-0.05, 0) is 37.0 Å². The Balaban J connectivity index is 2.15. The van der Waals surface area contributed by atoms with Gasteiger partial charge in [-0.1, -0.05) is 37.3 Å². The third-order valence-corrected chi connectivity index (χ3v) is 5.88. The van der Waals surface area contributed by atoms with Crippen LogP contribution in [0.2, 0.25) is 0 Å². The summed E-state index contributed by atoms with van der Waals surface area (Å²) in [5.74, 6) is -0.402. The van der Waals surface area contributed by atoms with Crippen LogP contribution in [0.4, 0.5) is 32.0 Å². The minimum absolute atomic E-state index is 0.0171. The summed E-state index contributed by atoms with van der Waals surface area (Å²) in [6, 6.07) is 11.7. The van der Waals surface area contributed by atoms with Gasteiger partial charge < -0.3 is 10.2 Å². The Bertz CT molecular complexity index is 968. The number of hydrogen-bond donors (Lipinski definition) is 2. The summed E-state index contributed by atoms with van der Waals surface area (Å²) in [6.07, 6.45) is -10.0. The first-order valence-electron chi connectivity index (χ1n) is 10.3. The van der Waals surface area contributed by atoms with Crippen molar-refractivity contribution in [1.29, 1.82) is 0 Å². The second-order valence-corrected chi connectivity index (χ2v) is 7.89. The molecule has 3 rings (SSSR count). The van der Waals surface area contributed by atoms with Gasteiger partial charge in [0.2, 0.25) is 5.69 Å². The first-order chi connectivity index (χ1) is 14.9. The Morgan fingerprint density at radius 1 is 0.969 bits per heavy atom. The molecule has 0 saturated heterocycles. The van der Waals surface area contributed by atoms with Crippen molar-refractivity contribution in [3.05, 3.63) is 65.2 Å². The number of aliphatic hydroxyl groups excluding tert-OH is 1. The smallest absolute Gasteiger partial charge is 0.430 e. The van der Waals surface area contributed by atoms with Gasteiger partial charge >= 0.3 is 18.3 Å². The molecule has 0 amide bonds. The summed E-state index contributed by atoms with van der Waals surface area (Å²) in [5.41, 5.74) is -4.87. The van der Waals surface area contributed by atoms with Crippen LogP contribution in [0, 0.1) is 0 Å². The van der Waals surface area contributed by atoms with E-state index >= 15 is 0 Å². The molecule has 2 aromatic rings. The molecule has 0 unspecified atom stereocenters. The predicted octanol–water partition coefficient (Wildman–Crippen LogP) is 6.13. The molecule has 0 spiro atoms. The monoisotopic (exact) mass is 460 g/mol. The number of nitrogens with zero attached hydrogens (tertiary/aromatic N) is 1. The van der Waals surface area contributed by atoms with Crippen molar-refractivity contribution >= 4 is 11.6 Å². The minimum atomic E-state index is -5.95. The number of aliphatic hydroxyl groups is 2. The summed E-state index contributed by atoms with van der Waals surface area (Å²) in [4.78, 5) is 0. The van der Waals surface area contributed by atoms with E-state index in [0.29, 0.717) is 37.6 Å². The zero-order valence-electron chi connectivity index (χ0n) is 17.3. The number of aryl methyl sites for hydroxylation is 1. The lowest BCUT2D eigenvalue weighted by Crippen LogP contribution is -2.54. The summed E-state index contributed by atoms with van der Waals surface area (Å²) >= 11 is 0. The Morgan fingerprint density at radius 2 is 1.59 bits per heavy atom. The van der Waals surface area contributed by atoms with E-state index in [1.54, 1.807) is 4.58 Å². The van der Waals surface area contributed by atoms with E-state index in [2.05, 4.69) is 0 Å². The molecule has 1 aliphatic heterocycles. The van der Waals surface area contributed by atoms with Gasteiger partial charge in [-0.2, -0.15) is 30.9 Å². The fourth-order valence-corrected chi connectivity index (χ4v) is 4.15. The molecule has 2 N–H and O–H groups in total. The molecule has 0 aliphatic carbocycles. The van der Waals surface area contributed by atoms with Gasteiger partial charge in [0.1, 0.15) is 5.92 Å². The number of fused-ring (bicyclic) bond motifs is 1. The van der Waals surface area contributed by atoms with Crippen LogP contribution < -0.4 is 0 Å². The molecular formula is C23H24F6NO2+. The summed E-state index contributed by atoms with van der Waals surface area (Å²) in [7, 11) is 0. The van der Waals surface area contributed by atoms with Crippen LogP contribution in [0.1, 0.15) is 48.8 Å². The standard InChI is InChI=1S/C23H23F6NO2/c1-2-18(15-8-4-3-5-9-15)20(31)30-13-7-6-10-16-14-17(11-12-19(16)30)21(32,22(24,25)26)23(27,28)29/h3-5,8-9,11-12,14,18,32H,2,6-7,10,13H2,1H3/p+1/t18-/m0/s1. The average Bonchev–Trinajstić information content (AvgIpc) is 2.94. The van der Waals surface area contributed by atoms with E-state index in [9.17, 15) is 36.6 Å². The van der Waals surface area contributed by atoms with Crippen LogP contribution in [0.5, 0.6) is 0 Å². The Hall–Kier alpha value is -2.55. The SMILES string of the molecule is CC[C@H](C(O)=[N+]1CCCCc2cc(C(O)(C(F)(F)F)C(F)(F)F)ccc21)c1ccccc1. The van der Waals surface area contributed by atoms with Gasteiger partial charge in [-0.3, -0.25) is 0 Å². The van der Waals surface area contributed by atoms with Crippen LogP contribution in [-0.4, -0.2) is 39.6 Å². The Labute approximate surface area is 181 Å². The van der Waals surface area contributed by atoms with E-state index in [1.807, 2.05) is 37.3 Å². The lowest BCUT2D eigenvalue weighted by Gasteiger charge is -2.32. The Morgan fingerprint density at radius 3 is 2.16 bits per heavy atom. The van der Waals surface area contributed by atoms with Gasteiger partial charge in [-0.15, -0.1) is 0 Å². The number of alkyl halides is 6. The number of rotatable bonds is 4. The van der Waals surface area contributed by atoms with E-state index in [-0.39, 0.29) is 23.8 Å². The largest absolute Gasteiger partial charge is 0.463 e. The van der Waals surface area contributed by atoms with E-state index in [1.165, 1.54) is 0 Å². The minimum Gasteiger partial charge on any atom is -0.463 e. The molecule has 174 valence electrons. The first-order valence-corrected chi connectivity index (χ1v) is 10.3. The molecule has 9 heteroatoms. The van der Waals surface area contributed by atoms with Gasteiger partial charge in [-0.25, -0.2) is 0 Å². The molecule has 0 fully saturated rings. The molecule has 2 aromatic carbocycles. The molecule has 0 radical (unpaired) electrons. The van der Waals surface area contributed by atoms with Crippen molar-refractivity contribution in [2.75, 3.05) is 6.54 Å². The van der Waals surface area contributed by atoms with Gasteiger partial charge in [0.15, 0.2) is 6.54 Å².